The molecule has 0 aliphatic carbocycles. The van der Waals surface area contributed by atoms with E-state index in [4.69, 9.17) is 20.9 Å². The van der Waals surface area contributed by atoms with E-state index >= 15 is 0 Å². The average Bonchev–Trinajstić information content (AvgIpc) is 2.98. The Labute approximate surface area is 255 Å². The van der Waals surface area contributed by atoms with Crippen LogP contribution >= 0.6 is 23.5 Å². The van der Waals surface area contributed by atoms with Crippen molar-refractivity contribution in [2.45, 2.75) is 22.1 Å². The second-order valence-corrected chi connectivity index (χ2v) is 10.8. The van der Waals surface area contributed by atoms with Crippen LogP contribution in [0.15, 0.2) is 46.5 Å². The number of alkyl halides is 6. The Morgan fingerprint density at radius 1 is 0.727 bits per heavy atom. The van der Waals surface area contributed by atoms with Crippen LogP contribution in [0.1, 0.15) is 32.1 Å². The SMILES string of the molecule is COc1cc(SCCN)c(C(F)(F)F)cc1NC(=O)c1cc(C(=O)Nc2cc(C(F)(F)F)c(SCCN)cc2OC)ncn1. The minimum atomic E-state index is -4.77. The van der Waals surface area contributed by atoms with E-state index in [1.54, 1.807) is 0 Å². The quantitative estimate of drug-likeness (QED) is 0.151. The predicted octanol–water partition coefficient (Wildman–Crippen LogP) is 5.14. The second kappa shape index (κ2) is 14.8. The van der Waals surface area contributed by atoms with Gasteiger partial charge in [0.1, 0.15) is 29.2 Å². The van der Waals surface area contributed by atoms with Gasteiger partial charge in [0.15, 0.2) is 0 Å². The fourth-order valence-corrected chi connectivity index (χ4v) is 5.37. The molecule has 0 radical (unpaired) electrons. The van der Waals surface area contributed by atoms with Crippen LogP contribution in [0.2, 0.25) is 0 Å². The Morgan fingerprint density at radius 2 is 1.11 bits per heavy atom. The number of nitrogens with one attached hydrogen (secondary N) is 2. The molecule has 6 N–H and O–H groups in total. The van der Waals surface area contributed by atoms with Crippen molar-refractivity contribution in [1.29, 1.82) is 0 Å². The van der Waals surface area contributed by atoms with Gasteiger partial charge in [-0.2, -0.15) is 26.3 Å². The molecule has 2 aromatic carbocycles. The number of nitrogens with two attached hydrogens (primary N) is 2. The second-order valence-electron chi connectivity index (χ2n) is 8.56. The van der Waals surface area contributed by atoms with Crippen molar-refractivity contribution in [3.63, 3.8) is 0 Å². The number of anilines is 2. The van der Waals surface area contributed by atoms with Gasteiger partial charge in [-0.3, -0.25) is 9.59 Å². The number of aromatic nitrogens is 2. The number of thioether (sulfide) groups is 2. The molecule has 2 amide bonds. The summed E-state index contributed by atoms with van der Waals surface area (Å²) >= 11 is 1.72. The first-order valence-corrected chi connectivity index (χ1v) is 14.4. The molecule has 0 aliphatic heterocycles. The van der Waals surface area contributed by atoms with Gasteiger partial charge < -0.3 is 31.6 Å². The molecule has 0 saturated carbocycles. The van der Waals surface area contributed by atoms with Gasteiger partial charge in [-0.15, -0.1) is 23.5 Å². The van der Waals surface area contributed by atoms with Crippen LogP contribution in [0.25, 0.3) is 0 Å². The maximum atomic E-state index is 13.8. The van der Waals surface area contributed by atoms with Crippen LogP contribution in [-0.2, 0) is 12.4 Å². The first-order chi connectivity index (χ1) is 20.7. The van der Waals surface area contributed by atoms with Crippen LogP contribution in [0.5, 0.6) is 11.5 Å². The molecule has 0 fully saturated rings. The molecule has 238 valence electrons. The smallest absolute Gasteiger partial charge is 0.417 e. The molecule has 3 rings (SSSR count). The lowest BCUT2D eigenvalue weighted by Gasteiger charge is -2.18. The summed E-state index contributed by atoms with van der Waals surface area (Å²) in [6.45, 7) is 0.254. The van der Waals surface area contributed by atoms with Gasteiger partial charge in [-0.05, 0) is 24.3 Å². The van der Waals surface area contributed by atoms with Crippen molar-refractivity contribution < 1.29 is 45.4 Å². The summed E-state index contributed by atoms with van der Waals surface area (Å²) in [5.74, 6) is -1.81. The monoisotopic (exact) mass is 664 g/mol. The normalized spacial score (nSPS) is 11.7. The predicted molar refractivity (Wildman–Crippen MR) is 153 cm³/mol. The first-order valence-electron chi connectivity index (χ1n) is 12.4. The number of carbonyl (C=O) groups excluding carboxylic acids is 2. The van der Waals surface area contributed by atoms with Crippen molar-refractivity contribution in [3.05, 3.63) is 59.2 Å². The number of nitrogens with zero attached hydrogens (tertiary/aromatic N) is 2. The van der Waals surface area contributed by atoms with Crippen LogP contribution in [0.4, 0.5) is 37.7 Å². The van der Waals surface area contributed by atoms with Gasteiger partial charge in [0.05, 0.1) is 36.7 Å². The number of methoxy groups -OCH3 is 2. The number of carbonyl (C=O) groups is 2. The van der Waals surface area contributed by atoms with E-state index in [0.717, 1.165) is 48.1 Å². The summed E-state index contributed by atoms with van der Waals surface area (Å²) in [5.41, 5.74) is 7.24. The topological polar surface area (TPSA) is 154 Å². The Balaban J connectivity index is 1.91. The molecule has 18 heteroatoms. The third-order valence-electron chi connectivity index (χ3n) is 5.59. The highest BCUT2D eigenvalue weighted by Gasteiger charge is 2.36. The molecule has 0 aliphatic rings. The molecule has 10 nitrogen and oxygen atoms in total. The highest BCUT2D eigenvalue weighted by atomic mass is 32.2. The summed E-state index contributed by atoms with van der Waals surface area (Å²) in [4.78, 5) is 33.1. The molecule has 0 spiro atoms. The lowest BCUT2D eigenvalue weighted by Crippen LogP contribution is -2.20. The molecule has 0 atom stereocenters. The molecule has 1 aromatic heterocycles. The molecule has 44 heavy (non-hydrogen) atoms. The lowest BCUT2D eigenvalue weighted by molar-refractivity contribution is -0.140. The molecule has 0 saturated heterocycles. The number of ether oxygens (including phenoxy) is 2. The van der Waals surface area contributed by atoms with E-state index < -0.39 is 46.7 Å². The standard InChI is InChI=1S/C26H26F6N6O4S2/c1-41-19-10-21(43-5-3-33)13(25(27,28)29)7-15(19)37-23(39)17-9-18(36-12-35-17)24(40)38-16-8-14(26(30,31)32)22(44-6-4-34)11-20(16)42-2/h7-12H,3-6,33-34H2,1-2H3,(H,37,39)(H,38,40). The first kappa shape index (κ1) is 34.7. The summed E-state index contributed by atoms with van der Waals surface area (Å²) in [5, 5.41) is 4.56. The Morgan fingerprint density at radius 3 is 1.43 bits per heavy atom. The van der Waals surface area contributed by atoms with Crippen LogP contribution in [0.3, 0.4) is 0 Å². The van der Waals surface area contributed by atoms with Crippen LogP contribution in [0, 0.1) is 0 Å². The fourth-order valence-electron chi connectivity index (χ4n) is 3.65. The van der Waals surface area contributed by atoms with Crippen molar-refractivity contribution in [2.24, 2.45) is 11.5 Å². The third-order valence-corrected chi connectivity index (χ3v) is 7.77. The van der Waals surface area contributed by atoms with Gasteiger partial charge in [-0.25, -0.2) is 9.97 Å². The number of halogens is 6. The van der Waals surface area contributed by atoms with E-state index in [2.05, 4.69) is 20.6 Å². The minimum Gasteiger partial charge on any atom is -0.495 e. The van der Waals surface area contributed by atoms with Crippen molar-refractivity contribution in [1.82, 2.24) is 9.97 Å². The Hall–Kier alpha value is -3.74. The average molecular weight is 665 g/mol. The summed E-state index contributed by atoms with van der Waals surface area (Å²) in [6, 6.07) is 4.53. The number of amides is 2. The minimum absolute atomic E-state index is 0.0847. The van der Waals surface area contributed by atoms with E-state index in [-0.39, 0.29) is 57.3 Å². The molecule has 0 unspecified atom stereocenters. The number of hydrogen-bond donors (Lipinski definition) is 4. The number of benzene rings is 2. The maximum Gasteiger partial charge on any atom is 0.417 e. The summed E-state index contributed by atoms with van der Waals surface area (Å²) in [7, 11) is 2.40. The number of hydrogen-bond acceptors (Lipinski definition) is 10. The zero-order valence-corrected chi connectivity index (χ0v) is 24.7. The van der Waals surface area contributed by atoms with Crippen molar-refractivity contribution in [3.8, 4) is 11.5 Å². The molecule has 3 aromatic rings. The van der Waals surface area contributed by atoms with Gasteiger partial charge in [0.25, 0.3) is 11.8 Å². The summed E-state index contributed by atoms with van der Waals surface area (Å²) in [6.07, 6.45) is -8.70. The fraction of sp³-hybridized carbons (Fsp3) is 0.308. The van der Waals surface area contributed by atoms with Gasteiger partial charge in [0, 0.05) is 40.5 Å². The van der Waals surface area contributed by atoms with Gasteiger partial charge >= 0.3 is 12.4 Å². The van der Waals surface area contributed by atoms with E-state index in [1.807, 2.05) is 0 Å². The van der Waals surface area contributed by atoms with Crippen LogP contribution in [-0.4, -0.2) is 60.6 Å². The van der Waals surface area contributed by atoms with E-state index in [9.17, 15) is 35.9 Å². The lowest BCUT2D eigenvalue weighted by atomic mass is 10.1. The Kier molecular flexibility index (Phi) is 11.7. The largest absolute Gasteiger partial charge is 0.495 e. The maximum absolute atomic E-state index is 13.8. The molecular weight excluding hydrogens is 638 g/mol. The zero-order chi connectivity index (χ0) is 32.7. The van der Waals surface area contributed by atoms with Crippen molar-refractivity contribution in [2.75, 3.05) is 49.4 Å². The summed E-state index contributed by atoms with van der Waals surface area (Å²) < 4.78 is 92.8. The Bertz CT molecular complexity index is 1400. The third kappa shape index (κ3) is 8.67. The highest BCUT2D eigenvalue weighted by Crippen LogP contribution is 2.43. The highest BCUT2D eigenvalue weighted by molar-refractivity contribution is 7.99. The van der Waals surface area contributed by atoms with E-state index in [0.29, 0.717) is 12.1 Å². The van der Waals surface area contributed by atoms with Crippen LogP contribution < -0.4 is 31.6 Å². The molecule has 1 heterocycles. The zero-order valence-electron chi connectivity index (χ0n) is 23.1. The van der Waals surface area contributed by atoms with E-state index in [1.165, 1.54) is 14.2 Å². The molecular formula is C26H26F6N6O4S2. The number of rotatable bonds is 12. The van der Waals surface area contributed by atoms with Gasteiger partial charge in [-0.1, -0.05) is 0 Å². The van der Waals surface area contributed by atoms with Gasteiger partial charge in [0.2, 0.25) is 0 Å². The van der Waals surface area contributed by atoms with Crippen molar-refractivity contribution >= 4 is 46.7 Å². The molecule has 0 bridgehead atoms.